The van der Waals surface area contributed by atoms with Crippen molar-refractivity contribution in [2.24, 2.45) is 5.92 Å². The maximum Gasteiger partial charge on any atom is 0.135 e. The van der Waals surface area contributed by atoms with E-state index in [2.05, 4.69) is 21.2 Å². The van der Waals surface area contributed by atoms with E-state index in [9.17, 15) is 0 Å². The summed E-state index contributed by atoms with van der Waals surface area (Å²) >= 11 is 3.50. The summed E-state index contributed by atoms with van der Waals surface area (Å²) in [6, 6.07) is 2.34. The molecule has 0 saturated heterocycles. The van der Waals surface area contributed by atoms with Crippen LogP contribution in [0.25, 0.3) is 0 Å². The van der Waals surface area contributed by atoms with Gasteiger partial charge >= 0.3 is 0 Å². The van der Waals surface area contributed by atoms with Crippen molar-refractivity contribution in [3.8, 4) is 0 Å². The van der Waals surface area contributed by atoms with Gasteiger partial charge in [0.05, 0.1) is 16.8 Å². The molecule has 72 valence electrons. The highest BCUT2D eigenvalue weighted by Crippen LogP contribution is 2.39. The molecule has 1 aliphatic carbocycles. The molecule has 3 heteroatoms. The van der Waals surface area contributed by atoms with Crippen molar-refractivity contribution in [2.75, 3.05) is 7.05 Å². The first kappa shape index (κ1) is 9.28. The minimum absolute atomic E-state index is 0.387. The van der Waals surface area contributed by atoms with E-state index in [0.717, 1.165) is 16.2 Å². The molecule has 13 heavy (non-hydrogen) atoms. The Morgan fingerprint density at radius 1 is 1.62 bits per heavy atom. The van der Waals surface area contributed by atoms with Crippen molar-refractivity contribution in [3.63, 3.8) is 0 Å². The van der Waals surface area contributed by atoms with Crippen LogP contribution in [-0.2, 0) is 0 Å². The van der Waals surface area contributed by atoms with Crippen LogP contribution in [0.1, 0.15) is 31.1 Å². The lowest BCUT2D eigenvalue weighted by atomic mass is 9.79. The van der Waals surface area contributed by atoms with Crippen molar-refractivity contribution in [3.05, 3.63) is 22.6 Å². The monoisotopic (exact) mass is 243 g/mol. The molecule has 0 amide bonds. The normalized spacial score (nSPS) is 19.8. The molecule has 1 unspecified atom stereocenters. The summed E-state index contributed by atoms with van der Waals surface area (Å²) in [5, 5.41) is 3.32. The van der Waals surface area contributed by atoms with Gasteiger partial charge in [0.2, 0.25) is 0 Å². The van der Waals surface area contributed by atoms with Crippen LogP contribution in [0.3, 0.4) is 0 Å². The summed E-state index contributed by atoms with van der Waals surface area (Å²) in [4.78, 5) is 0. The van der Waals surface area contributed by atoms with E-state index in [0.29, 0.717) is 6.04 Å². The zero-order valence-electron chi connectivity index (χ0n) is 7.72. The van der Waals surface area contributed by atoms with Crippen LogP contribution in [0.5, 0.6) is 0 Å². The highest BCUT2D eigenvalue weighted by atomic mass is 79.9. The van der Waals surface area contributed by atoms with Gasteiger partial charge in [-0.2, -0.15) is 0 Å². The maximum absolute atomic E-state index is 5.46. The van der Waals surface area contributed by atoms with Crippen LogP contribution in [0.15, 0.2) is 21.2 Å². The molecule has 0 bridgehead atoms. The van der Waals surface area contributed by atoms with Crippen molar-refractivity contribution in [1.29, 1.82) is 0 Å². The molecule has 0 aromatic carbocycles. The summed E-state index contributed by atoms with van der Waals surface area (Å²) in [6.07, 6.45) is 5.74. The lowest BCUT2D eigenvalue weighted by molar-refractivity contribution is 0.215. The Morgan fingerprint density at radius 2 is 2.38 bits per heavy atom. The van der Waals surface area contributed by atoms with Gasteiger partial charge in [0.15, 0.2) is 0 Å². The first-order valence-corrected chi connectivity index (χ1v) is 5.52. The van der Waals surface area contributed by atoms with Crippen LogP contribution >= 0.6 is 15.9 Å². The fourth-order valence-corrected chi connectivity index (χ4v) is 2.33. The van der Waals surface area contributed by atoms with Crippen molar-refractivity contribution < 1.29 is 4.42 Å². The molecule has 1 N–H and O–H groups in total. The van der Waals surface area contributed by atoms with E-state index in [1.54, 1.807) is 6.26 Å². The van der Waals surface area contributed by atoms with Crippen LogP contribution < -0.4 is 5.32 Å². The molecule has 0 radical (unpaired) electrons. The quantitative estimate of drug-likeness (QED) is 0.883. The third-order valence-corrected chi connectivity index (χ3v) is 3.51. The Morgan fingerprint density at radius 3 is 2.77 bits per heavy atom. The summed E-state index contributed by atoms with van der Waals surface area (Å²) in [5.74, 6) is 1.81. The number of rotatable bonds is 3. The van der Waals surface area contributed by atoms with E-state index in [-0.39, 0.29) is 0 Å². The van der Waals surface area contributed by atoms with Gasteiger partial charge in [-0.25, -0.2) is 0 Å². The first-order valence-electron chi connectivity index (χ1n) is 4.73. The highest BCUT2D eigenvalue weighted by Gasteiger charge is 2.30. The van der Waals surface area contributed by atoms with Crippen molar-refractivity contribution >= 4 is 15.9 Å². The molecule has 0 aliphatic heterocycles. The Hall–Kier alpha value is -0.280. The lowest BCUT2D eigenvalue weighted by Crippen LogP contribution is -2.29. The molecule has 1 saturated carbocycles. The standard InChI is InChI=1S/C10H14BrNO/c1-12-9(7-3-2-4-7)10-8(11)5-6-13-10/h5-7,9,12H,2-4H2,1H3. The molecule has 0 spiro atoms. The highest BCUT2D eigenvalue weighted by molar-refractivity contribution is 9.10. The van der Waals surface area contributed by atoms with Gasteiger partial charge in [-0.15, -0.1) is 0 Å². The molecule has 1 aromatic rings. The second kappa shape index (κ2) is 3.84. The number of hydrogen-bond acceptors (Lipinski definition) is 2. The third-order valence-electron chi connectivity index (χ3n) is 2.86. The topological polar surface area (TPSA) is 25.2 Å². The molecule has 2 nitrogen and oxygen atoms in total. The average molecular weight is 244 g/mol. The Labute approximate surface area is 86.8 Å². The van der Waals surface area contributed by atoms with Gasteiger partial charge in [0.1, 0.15) is 5.76 Å². The molecule has 2 rings (SSSR count). The average Bonchev–Trinajstić information content (AvgIpc) is 2.43. The molecule has 1 atom stereocenters. The fourth-order valence-electron chi connectivity index (χ4n) is 1.88. The molecule has 1 aliphatic rings. The van der Waals surface area contributed by atoms with Gasteiger partial charge < -0.3 is 9.73 Å². The lowest BCUT2D eigenvalue weighted by Gasteiger charge is -2.32. The fraction of sp³-hybridized carbons (Fsp3) is 0.600. The van der Waals surface area contributed by atoms with Gasteiger partial charge in [0.25, 0.3) is 0 Å². The van der Waals surface area contributed by atoms with Crippen LogP contribution in [0.2, 0.25) is 0 Å². The summed E-state index contributed by atoms with van der Waals surface area (Å²) in [5.41, 5.74) is 0. The SMILES string of the molecule is CNC(c1occc1Br)C1CCC1. The number of nitrogens with one attached hydrogen (secondary N) is 1. The van der Waals surface area contributed by atoms with E-state index >= 15 is 0 Å². The largest absolute Gasteiger partial charge is 0.466 e. The van der Waals surface area contributed by atoms with E-state index < -0.39 is 0 Å². The second-order valence-electron chi connectivity index (χ2n) is 3.59. The van der Waals surface area contributed by atoms with Gasteiger partial charge in [-0.1, -0.05) is 6.42 Å². The minimum atomic E-state index is 0.387. The molecular formula is C10H14BrNO. The predicted octanol–water partition coefficient (Wildman–Crippen LogP) is 3.10. The smallest absolute Gasteiger partial charge is 0.135 e. The van der Waals surface area contributed by atoms with E-state index in [1.807, 2.05) is 13.1 Å². The van der Waals surface area contributed by atoms with E-state index in [1.165, 1.54) is 19.3 Å². The molecular weight excluding hydrogens is 230 g/mol. The van der Waals surface area contributed by atoms with Crippen LogP contribution in [-0.4, -0.2) is 7.05 Å². The molecule has 1 heterocycles. The summed E-state index contributed by atoms with van der Waals surface area (Å²) in [7, 11) is 2.00. The Bertz CT molecular complexity index is 280. The minimum Gasteiger partial charge on any atom is -0.466 e. The second-order valence-corrected chi connectivity index (χ2v) is 4.44. The predicted molar refractivity (Wildman–Crippen MR) is 55.5 cm³/mol. The van der Waals surface area contributed by atoms with Crippen LogP contribution in [0.4, 0.5) is 0 Å². The number of halogens is 1. The van der Waals surface area contributed by atoms with Gasteiger partial charge in [-0.05, 0) is 47.8 Å². The van der Waals surface area contributed by atoms with E-state index in [4.69, 9.17) is 4.42 Å². The van der Waals surface area contributed by atoms with Gasteiger partial charge in [0, 0.05) is 0 Å². The number of furan rings is 1. The van der Waals surface area contributed by atoms with Crippen molar-refractivity contribution in [1.82, 2.24) is 5.32 Å². The van der Waals surface area contributed by atoms with Gasteiger partial charge in [-0.3, -0.25) is 0 Å². The Balaban J connectivity index is 2.16. The molecule has 1 fully saturated rings. The zero-order valence-corrected chi connectivity index (χ0v) is 9.30. The number of hydrogen-bond donors (Lipinski definition) is 1. The zero-order chi connectivity index (χ0) is 9.26. The molecule has 1 aromatic heterocycles. The summed E-state index contributed by atoms with van der Waals surface area (Å²) in [6.45, 7) is 0. The Kier molecular flexibility index (Phi) is 2.74. The van der Waals surface area contributed by atoms with Crippen molar-refractivity contribution in [2.45, 2.75) is 25.3 Å². The summed E-state index contributed by atoms with van der Waals surface area (Å²) < 4.78 is 6.55. The first-order chi connectivity index (χ1) is 6.33. The third kappa shape index (κ3) is 1.67. The van der Waals surface area contributed by atoms with Crippen LogP contribution in [0, 0.1) is 5.92 Å². The maximum atomic E-state index is 5.46.